The highest BCUT2D eigenvalue weighted by Crippen LogP contribution is 2.25. The second-order valence-electron chi connectivity index (χ2n) is 6.56. The fourth-order valence-electron chi connectivity index (χ4n) is 3.08. The van der Waals surface area contributed by atoms with Crippen molar-refractivity contribution in [3.8, 4) is 0 Å². The van der Waals surface area contributed by atoms with Crippen LogP contribution in [0.4, 0.5) is 0 Å². The monoisotopic (exact) mass is 373 g/mol. The van der Waals surface area contributed by atoms with E-state index in [1.54, 1.807) is 0 Å². The van der Waals surface area contributed by atoms with Crippen LogP contribution in [0.1, 0.15) is 35.6 Å². The fourth-order valence-corrected chi connectivity index (χ4v) is 3.08. The smallest absolute Gasteiger partial charge is 0.318 e. The van der Waals surface area contributed by atoms with Crippen LogP contribution in [0.15, 0.2) is 91.0 Å². The molecule has 0 spiro atoms. The first-order valence-electron chi connectivity index (χ1n) is 9.26. The highest BCUT2D eigenvalue weighted by molar-refractivity contribution is 5.85. The van der Waals surface area contributed by atoms with Gasteiger partial charge in [0.2, 0.25) is 0 Å². The van der Waals surface area contributed by atoms with Crippen LogP contribution in [-0.4, -0.2) is 18.5 Å². The van der Waals surface area contributed by atoms with Crippen LogP contribution >= 0.6 is 0 Å². The Bertz CT molecular complexity index is 855. The number of hydrogen-bond donors (Lipinski definition) is 1. The Labute approximate surface area is 165 Å². The molecule has 4 heteroatoms. The highest BCUT2D eigenvalue weighted by atomic mass is 16.5. The van der Waals surface area contributed by atoms with Crippen molar-refractivity contribution in [2.24, 2.45) is 0 Å². The van der Waals surface area contributed by atoms with Gasteiger partial charge in [-0.25, -0.2) is 0 Å². The van der Waals surface area contributed by atoms with Crippen molar-refractivity contribution < 1.29 is 14.3 Å². The molecule has 1 amide bonds. The maximum atomic E-state index is 12.8. The number of esters is 1. The number of ether oxygens (including phenoxy) is 1. The fraction of sp³-hybridized carbons (Fsp3) is 0.167. The molecular formula is C24H23NO3. The van der Waals surface area contributed by atoms with E-state index in [1.807, 2.05) is 97.9 Å². The normalized spacial score (nSPS) is 11.6. The van der Waals surface area contributed by atoms with Gasteiger partial charge in [-0.15, -0.1) is 0 Å². The summed E-state index contributed by atoms with van der Waals surface area (Å²) in [6.07, 6.45) is 0. The van der Waals surface area contributed by atoms with Crippen LogP contribution < -0.4 is 5.32 Å². The lowest BCUT2D eigenvalue weighted by Gasteiger charge is -2.18. The molecule has 0 unspecified atom stereocenters. The molecule has 1 atom stereocenters. The van der Waals surface area contributed by atoms with E-state index in [-0.39, 0.29) is 18.6 Å². The number of carbonyl (C=O) groups excluding carboxylic acids is 2. The van der Waals surface area contributed by atoms with Gasteiger partial charge in [-0.05, 0) is 23.6 Å². The predicted octanol–water partition coefficient (Wildman–Crippen LogP) is 4.24. The summed E-state index contributed by atoms with van der Waals surface area (Å²) < 4.78 is 5.36. The standard InChI is InChI=1S/C24H23NO3/c1-18(19-11-5-2-6-12-19)25-22(26)17-28-24(27)23(20-13-7-3-8-14-20)21-15-9-4-10-16-21/h2-16,18,23H,17H2,1H3,(H,25,26)/t18-/m0/s1. The Morgan fingerprint density at radius 1 is 0.750 bits per heavy atom. The van der Waals surface area contributed by atoms with E-state index in [0.29, 0.717) is 0 Å². The summed E-state index contributed by atoms with van der Waals surface area (Å²) in [6, 6.07) is 28.4. The minimum atomic E-state index is -0.568. The molecule has 0 bridgehead atoms. The van der Waals surface area contributed by atoms with Gasteiger partial charge in [-0.2, -0.15) is 0 Å². The quantitative estimate of drug-likeness (QED) is 0.630. The second kappa shape index (κ2) is 9.51. The molecule has 0 radical (unpaired) electrons. The summed E-state index contributed by atoms with van der Waals surface area (Å²) in [7, 11) is 0. The number of nitrogens with one attached hydrogen (secondary N) is 1. The highest BCUT2D eigenvalue weighted by Gasteiger charge is 2.25. The summed E-state index contributed by atoms with van der Waals surface area (Å²) in [5, 5.41) is 2.85. The van der Waals surface area contributed by atoms with Crippen molar-refractivity contribution in [2.45, 2.75) is 18.9 Å². The zero-order valence-corrected chi connectivity index (χ0v) is 15.7. The lowest BCUT2D eigenvalue weighted by atomic mass is 9.91. The van der Waals surface area contributed by atoms with Crippen molar-refractivity contribution in [3.05, 3.63) is 108 Å². The van der Waals surface area contributed by atoms with Gasteiger partial charge in [0.15, 0.2) is 6.61 Å². The van der Waals surface area contributed by atoms with Crippen LogP contribution in [0, 0.1) is 0 Å². The molecule has 1 N–H and O–H groups in total. The summed E-state index contributed by atoms with van der Waals surface area (Å²) in [5.74, 6) is -1.34. The second-order valence-corrected chi connectivity index (χ2v) is 6.56. The predicted molar refractivity (Wildman–Crippen MR) is 109 cm³/mol. The molecule has 0 fully saturated rings. The van der Waals surface area contributed by atoms with Crippen LogP contribution in [0.2, 0.25) is 0 Å². The van der Waals surface area contributed by atoms with E-state index in [0.717, 1.165) is 16.7 Å². The van der Waals surface area contributed by atoms with Gasteiger partial charge < -0.3 is 10.1 Å². The lowest BCUT2D eigenvalue weighted by Crippen LogP contribution is -2.32. The molecule has 3 rings (SSSR count). The third kappa shape index (κ3) is 5.07. The molecule has 3 aromatic carbocycles. The minimum absolute atomic E-state index is 0.161. The first kappa shape index (κ1) is 19.4. The Morgan fingerprint density at radius 2 is 1.18 bits per heavy atom. The number of carbonyl (C=O) groups is 2. The van der Waals surface area contributed by atoms with Crippen molar-refractivity contribution in [1.82, 2.24) is 5.32 Å². The Hall–Kier alpha value is -3.40. The van der Waals surface area contributed by atoms with Crippen molar-refractivity contribution in [2.75, 3.05) is 6.61 Å². The molecule has 0 saturated carbocycles. The summed E-state index contributed by atoms with van der Waals surface area (Å²) in [4.78, 5) is 25.0. The molecule has 0 aromatic heterocycles. The Morgan fingerprint density at radius 3 is 1.64 bits per heavy atom. The number of hydrogen-bond acceptors (Lipinski definition) is 3. The first-order chi connectivity index (χ1) is 13.6. The third-order valence-corrected chi connectivity index (χ3v) is 4.52. The summed E-state index contributed by atoms with van der Waals surface area (Å²) in [5.41, 5.74) is 2.65. The number of amides is 1. The van der Waals surface area contributed by atoms with Gasteiger partial charge in [-0.1, -0.05) is 91.0 Å². The molecule has 0 aliphatic heterocycles. The van der Waals surface area contributed by atoms with E-state index in [1.165, 1.54) is 0 Å². The molecule has 0 aliphatic rings. The van der Waals surface area contributed by atoms with Crippen molar-refractivity contribution in [3.63, 3.8) is 0 Å². The third-order valence-electron chi connectivity index (χ3n) is 4.52. The van der Waals surface area contributed by atoms with E-state index < -0.39 is 11.9 Å². The molecule has 0 heterocycles. The molecule has 28 heavy (non-hydrogen) atoms. The van der Waals surface area contributed by atoms with Gasteiger partial charge in [-0.3, -0.25) is 9.59 Å². The Balaban J connectivity index is 1.65. The average molecular weight is 373 g/mol. The van der Waals surface area contributed by atoms with E-state index in [4.69, 9.17) is 4.74 Å². The molecule has 0 saturated heterocycles. The van der Waals surface area contributed by atoms with Crippen LogP contribution in [0.5, 0.6) is 0 Å². The van der Waals surface area contributed by atoms with E-state index in [2.05, 4.69) is 5.32 Å². The summed E-state index contributed by atoms with van der Waals surface area (Å²) in [6.45, 7) is 1.58. The topological polar surface area (TPSA) is 55.4 Å². The van der Waals surface area contributed by atoms with Gasteiger partial charge >= 0.3 is 5.97 Å². The maximum absolute atomic E-state index is 12.8. The number of rotatable bonds is 7. The van der Waals surface area contributed by atoms with Gasteiger partial charge in [0.25, 0.3) is 5.91 Å². The van der Waals surface area contributed by atoms with E-state index in [9.17, 15) is 9.59 Å². The van der Waals surface area contributed by atoms with Crippen LogP contribution in [0.25, 0.3) is 0 Å². The minimum Gasteiger partial charge on any atom is -0.455 e. The van der Waals surface area contributed by atoms with Gasteiger partial charge in [0.05, 0.1) is 6.04 Å². The molecule has 4 nitrogen and oxygen atoms in total. The average Bonchev–Trinajstić information content (AvgIpc) is 2.74. The zero-order chi connectivity index (χ0) is 19.8. The SMILES string of the molecule is C[C@H](NC(=O)COC(=O)C(c1ccccc1)c1ccccc1)c1ccccc1. The van der Waals surface area contributed by atoms with E-state index >= 15 is 0 Å². The Kier molecular flexibility index (Phi) is 6.58. The molecular weight excluding hydrogens is 350 g/mol. The number of benzene rings is 3. The molecule has 142 valence electrons. The van der Waals surface area contributed by atoms with Crippen molar-refractivity contribution >= 4 is 11.9 Å². The molecule has 0 aliphatic carbocycles. The van der Waals surface area contributed by atoms with Gasteiger partial charge in [0.1, 0.15) is 5.92 Å². The first-order valence-corrected chi connectivity index (χ1v) is 9.26. The molecule has 3 aromatic rings. The van der Waals surface area contributed by atoms with Crippen molar-refractivity contribution in [1.29, 1.82) is 0 Å². The lowest BCUT2D eigenvalue weighted by molar-refractivity contribution is -0.149. The van der Waals surface area contributed by atoms with Gasteiger partial charge in [0, 0.05) is 0 Å². The van der Waals surface area contributed by atoms with Crippen LogP contribution in [-0.2, 0) is 14.3 Å². The largest absolute Gasteiger partial charge is 0.455 e. The zero-order valence-electron chi connectivity index (χ0n) is 15.7. The maximum Gasteiger partial charge on any atom is 0.318 e. The van der Waals surface area contributed by atoms with Crippen LogP contribution in [0.3, 0.4) is 0 Å². The summed E-state index contributed by atoms with van der Waals surface area (Å²) >= 11 is 0.